The summed E-state index contributed by atoms with van der Waals surface area (Å²) in [6, 6.07) is 0. The third-order valence-electron chi connectivity index (χ3n) is 2.49. The highest BCUT2D eigenvalue weighted by Crippen LogP contribution is 2.13. The van der Waals surface area contributed by atoms with Gasteiger partial charge in [0.1, 0.15) is 6.23 Å². The fourth-order valence-corrected chi connectivity index (χ4v) is 1.64. The molecule has 4 heteroatoms. The van der Waals surface area contributed by atoms with E-state index in [0.717, 1.165) is 25.9 Å². The predicted octanol–water partition coefficient (Wildman–Crippen LogP) is 0.0620. The van der Waals surface area contributed by atoms with E-state index in [-0.39, 0.29) is 12.3 Å². The van der Waals surface area contributed by atoms with Crippen LogP contribution in [0.25, 0.3) is 0 Å². The van der Waals surface area contributed by atoms with E-state index in [1.807, 2.05) is 0 Å². The molecule has 0 saturated carbocycles. The fraction of sp³-hybridized carbons (Fsp3) is 1.00. The van der Waals surface area contributed by atoms with Gasteiger partial charge in [-0.3, -0.25) is 4.90 Å². The molecular weight excluding hydrogens is 170 g/mol. The first-order valence-electron chi connectivity index (χ1n) is 4.71. The van der Waals surface area contributed by atoms with Gasteiger partial charge in [-0.2, -0.15) is 0 Å². The van der Waals surface area contributed by atoms with E-state index in [4.69, 9.17) is 9.47 Å². The molecule has 13 heavy (non-hydrogen) atoms. The number of aliphatic hydroxyl groups is 1. The Bertz CT molecular complexity index is 135. The van der Waals surface area contributed by atoms with Crippen molar-refractivity contribution in [2.75, 3.05) is 33.9 Å². The van der Waals surface area contributed by atoms with Crippen LogP contribution < -0.4 is 0 Å². The van der Waals surface area contributed by atoms with Crippen molar-refractivity contribution >= 4 is 0 Å². The minimum atomic E-state index is -0.128. The molecule has 0 spiro atoms. The van der Waals surface area contributed by atoms with Gasteiger partial charge in [0.05, 0.1) is 12.7 Å². The molecule has 0 radical (unpaired) electrons. The molecule has 1 N–H and O–H groups in total. The van der Waals surface area contributed by atoms with Gasteiger partial charge in [-0.15, -0.1) is 0 Å². The minimum absolute atomic E-state index is 0.0394. The highest BCUT2D eigenvalue weighted by Gasteiger charge is 2.23. The summed E-state index contributed by atoms with van der Waals surface area (Å²) in [7, 11) is 3.36. The Kier molecular flexibility index (Phi) is 4.66. The quantitative estimate of drug-likeness (QED) is 0.679. The molecule has 1 aliphatic heterocycles. The Hall–Kier alpha value is -0.160. The van der Waals surface area contributed by atoms with E-state index in [1.54, 1.807) is 14.2 Å². The van der Waals surface area contributed by atoms with Crippen LogP contribution in [0, 0.1) is 0 Å². The van der Waals surface area contributed by atoms with Crippen molar-refractivity contribution in [2.24, 2.45) is 0 Å². The summed E-state index contributed by atoms with van der Waals surface area (Å²) in [6.07, 6.45) is 1.58. The topological polar surface area (TPSA) is 41.9 Å². The Morgan fingerprint density at radius 3 is 2.46 bits per heavy atom. The molecular formula is C9H19NO3. The first-order chi connectivity index (χ1) is 6.27. The van der Waals surface area contributed by atoms with Crippen molar-refractivity contribution in [2.45, 2.75) is 25.2 Å². The van der Waals surface area contributed by atoms with Crippen LogP contribution in [-0.2, 0) is 9.47 Å². The number of methoxy groups -OCH3 is 2. The fourth-order valence-electron chi connectivity index (χ4n) is 1.64. The van der Waals surface area contributed by atoms with E-state index in [0.29, 0.717) is 6.61 Å². The summed E-state index contributed by atoms with van der Waals surface area (Å²) < 4.78 is 10.3. The van der Waals surface area contributed by atoms with E-state index < -0.39 is 0 Å². The molecule has 0 bridgehead atoms. The van der Waals surface area contributed by atoms with Gasteiger partial charge in [0.2, 0.25) is 0 Å². The Labute approximate surface area is 79.4 Å². The number of piperidine rings is 1. The highest BCUT2D eigenvalue weighted by molar-refractivity contribution is 4.73. The number of rotatable bonds is 4. The van der Waals surface area contributed by atoms with Gasteiger partial charge in [-0.25, -0.2) is 0 Å². The van der Waals surface area contributed by atoms with Crippen LogP contribution >= 0.6 is 0 Å². The van der Waals surface area contributed by atoms with Crippen molar-refractivity contribution in [1.82, 2.24) is 4.90 Å². The third-order valence-corrected chi connectivity index (χ3v) is 2.49. The van der Waals surface area contributed by atoms with Crippen molar-refractivity contribution in [1.29, 1.82) is 0 Å². The van der Waals surface area contributed by atoms with E-state index in [2.05, 4.69) is 4.90 Å². The van der Waals surface area contributed by atoms with Crippen LogP contribution in [0.5, 0.6) is 0 Å². The Morgan fingerprint density at radius 1 is 1.38 bits per heavy atom. The lowest BCUT2D eigenvalue weighted by molar-refractivity contribution is -0.0908. The summed E-state index contributed by atoms with van der Waals surface area (Å²) >= 11 is 0. The van der Waals surface area contributed by atoms with Gasteiger partial charge < -0.3 is 14.6 Å². The van der Waals surface area contributed by atoms with Crippen LogP contribution in [-0.4, -0.2) is 56.3 Å². The van der Waals surface area contributed by atoms with Crippen molar-refractivity contribution in [3.8, 4) is 0 Å². The zero-order valence-electron chi connectivity index (χ0n) is 8.40. The monoisotopic (exact) mass is 189 g/mol. The molecule has 1 unspecified atom stereocenters. The van der Waals surface area contributed by atoms with Crippen molar-refractivity contribution < 1.29 is 14.6 Å². The second-order valence-electron chi connectivity index (χ2n) is 3.41. The molecule has 78 valence electrons. The molecule has 4 nitrogen and oxygen atoms in total. The summed E-state index contributed by atoms with van der Waals surface area (Å²) in [5.74, 6) is 0. The maximum Gasteiger partial charge on any atom is 0.133 e. The zero-order valence-corrected chi connectivity index (χ0v) is 8.40. The van der Waals surface area contributed by atoms with E-state index in [9.17, 15) is 5.11 Å². The molecule has 1 fully saturated rings. The number of likely N-dealkylation sites (tertiary alicyclic amines) is 1. The molecule has 0 amide bonds. The second-order valence-corrected chi connectivity index (χ2v) is 3.41. The Morgan fingerprint density at radius 2 is 2.00 bits per heavy atom. The molecule has 1 rings (SSSR count). The van der Waals surface area contributed by atoms with E-state index in [1.165, 1.54) is 0 Å². The Balaban J connectivity index is 2.32. The zero-order chi connectivity index (χ0) is 9.68. The smallest absolute Gasteiger partial charge is 0.133 e. The summed E-state index contributed by atoms with van der Waals surface area (Å²) in [5, 5.41) is 9.31. The maximum atomic E-state index is 9.31. The third kappa shape index (κ3) is 3.23. The first-order valence-corrected chi connectivity index (χ1v) is 4.71. The van der Waals surface area contributed by atoms with Gasteiger partial charge in [0.15, 0.2) is 0 Å². The lowest BCUT2D eigenvalue weighted by Crippen LogP contribution is -2.45. The van der Waals surface area contributed by atoms with Gasteiger partial charge in [0.25, 0.3) is 0 Å². The lowest BCUT2D eigenvalue weighted by atomic mass is 10.1. The molecule has 1 aliphatic rings. The van der Waals surface area contributed by atoms with Crippen LogP contribution in [0.1, 0.15) is 12.8 Å². The van der Waals surface area contributed by atoms with Gasteiger partial charge >= 0.3 is 0 Å². The molecule has 0 aliphatic carbocycles. The van der Waals surface area contributed by atoms with Gasteiger partial charge in [-0.05, 0) is 12.8 Å². The van der Waals surface area contributed by atoms with Crippen molar-refractivity contribution in [3.63, 3.8) is 0 Å². The highest BCUT2D eigenvalue weighted by atomic mass is 16.5. The van der Waals surface area contributed by atoms with Crippen molar-refractivity contribution in [3.05, 3.63) is 0 Å². The molecule has 1 heterocycles. The lowest BCUT2D eigenvalue weighted by Gasteiger charge is -2.34. The summed E-state index contributed by atoms with van der Waals surface area (Å²) in [6.45, 7) is 2.37. The summed E-state index contributed by atoms with van der Waals surface area (Å²) in [4.78, 5) is 2.20. The number of aliphatic hydroxyl groups excluding tert-OH is 1. The van der Waals surface area contributed by atoms with Gasteiger partial charge in [-0.1, -0.05) is 0 Å². The molecule has 0 aromatic heterocycles. The average Bonchev–Trinajstić information content (AvgIpc) is 2.16. The molecule has 1 saturated heterocycles. The average molecular weight is 189 g/mol. The number of ether oxygens (including phenoxy) is 2. The first kappa shape index (κ1) is 10.9. The van der Waals surface area contributed by atoms with Crippen LogP contribution in [0.2, 0.25) is 0 Å². The minimum Gasteiger partial charge on any atom is -0.393 e. The second kappa shape index (κ2) is 5.54. The normalized spacial score (nSPS) is 23.3. The van der Waals surface area contributed by atoms with Gasteiger partial charge in [0, 0.05) is 27.3 Å². The van der Waals surface area contributed by atoms with Crippen LogP contribution in [0.4, 0.5) is 0 Å². The number of nitrogens with zero attached hydrogens (tertiary/aromatic N) is 1. The predicted molar refractivity (Wildman–Crippen MR) is 49.5 cm³/mol. The maximum absolute atomic E-state index is 9.31. The van der Waals surface area contributed by atoms with E-state index >= 15 is 0 Å². The molecule has 0 aromatic carbocycles. The van der Waals surface area contributed by atoms with Crippen LogP contribution in [0.15, 0.2) is 0 Å². The summed E-state index contributed by atoms with van der Waals surface area (Å²) in [5.41, 5.74) is 0. The SMILES string of the molecule is COCC(OC)N1CCC(O)CC1. The number of hydrogen-bond acceptors (Lipinski definition) is 4. The number of hydrogen-bond donors (Lipinski definition) is 1. The standard InChI is InChI=1S/C9H19NO3/c1-12-7-9(13-2)10-5-3-8(11)4-6-10/h8-9,11H,3-7H2,1-2H3. The largest absolute Gasteiger partial charge is 0.393 e. The molecule has 1 atom stereocenters. The van der Waals surface area contributed by atoms with Crippen LogP contribution in [0.3, 0.4) is 0 Å². The molecule has 0 aromatic rings.